The Labute approximate surface area is 101 Å². The third kappa shape index (κ3) is 2.51. The molecule has 0 aliphatic rings. The number of nitrogens with one attached hydrogen (secondary N) is 1. The zero-order valence-corrected chi connectivity index (χ0v) is 9.38. The second-order valence-electron chi connectivity index (χ2n) is 3.52. The van der Waals surface area contributed by atoms with Crippen molar-refractivity contribution in [2.24, 2.45) is 0 Å². The molecule has 92 valence electrons. The molecule has 0 unspecified atom stereocenters. The SMILES string of the molecule is Cc1cc(NC(=O)c2ccnc(C(=O)O)c2)on1. The first-order valence-corrected chi connectivity index (χ1v) is 5.00. The number of rotatable bonds is 3. The number of carbonyl (C=O) groups excluding carboxylic acids is 1. The van der Waals surface area contributed by atoms with Crippen molar-refractivity contribution in [3.63, 3.8) is 0 Å². The van der Waals surface area contributed by atoms with Crippen molar-refractivity contribution in [2.75, 3.05) is 5.32 Å². The summed E-state index contributed by atoms with van der Waals surface area (Å²) in [5, 5.41) is 14.8. The first kappa shape index (κ1) is 11.8. The van der Waals surface area contributed by atoms with E-state index in [0.29, 0.717) is 5.69 Å². The average Bonchev–Trinajstić information content (AvgIpc) is 2.75. The number of anilines is 1. The number of aromatic nitrogens is 2. The van der Waals surface area contributed by atoms with Crippen LogP contribution in [0.1, 0.15) is 26.5 Å². The molecular weight excluding hydrogens is 238 g/mol. The lowest BCUT2D eigenvalue weighted by atomic mass is 10.2. The van der Waals surface area contributed by atoms with Gasteiger partial charge < -0.3 is 9.63 Å². The number of carbonyl (C=O) groups is 2. The molecule has 0 aliphatic carbocycles. The molecule has 0 spiro atoms. The van der Waals surface area contributed by atoms with Crippen molar-refractivity contribution >= 4 is 17.8 Å². The van der Waals surface area contributed by atoms with Crippen LogP contribution in [0.4, 0.5) is 5.88 Å². The number of aromatic carboxylic acids is 1. The van der Waals surface area contributed by atoms with Crippen LogP contribution in [0.2, 0.25) is 0 Å². The molecule has 2 N–H and O–H groups in total. The maximum absolute atomic E-state index is 11.8. The third-order valence-electron chi connectivity index (χ3n) is 2.11. The van der Waals surface area contributed by atoms with Crippen LogP contribution in [-0.2, 0) is 0 Å². The van der Waals surface area contributed by atoms with E-state index in [1.807, 2.05) is 0 Å². The van der Waals surface area contributed by atoms with E-state index in [1.54, 1.807) is 13.0 Å². The molecule has 1 amide bonds. The molecule has 0 bridgehead atoms. The van der Waals surface area contributed by atoms with Crippen molar-refractivity contribution in [3.8, 4) is 0 Å². The van der Waals surface area contributed by atoms with Gasteiger partial charge in [-0.25, -0.2) is 9.78 Å². The molecule has 0 saturated carbocycles. The molecule has 0 saturated heterocycles. The van der Waals surface area contributed by atoms with E-state index < -0.39 is 11.9 Å². The van der Waals surface area contributed by atoms with Gasteiger partial charge in [-0.3, -0.25) is 10.1 Å². The van der Waals surface area contributed by atoms with E-state index in [1.165, 1.54) is 18.3 Å². The Hall–Kier alpha value is -2.70. The van der Waals surface area contributed by atoms with Crippen LogP contribution in [0.25, 0.3) is 0 Å². The summed E-state index contributed by atoms with van der Waals surface area (Å²) in [6, 6.07) is 4.14. The monoisotopic (exact) mass is 247 g/mol. The van der Waals surface area contributed by atoms with Crippen LogP contribution < -0.4 is 5.32 Å². The third-order valence-corrected chi connectivity index (χ3v) is 2.11. The fraction of sp³-hybridized carbons (Fsp3) is 0.0909. The highest BCUT2D eigenvalue weighted by atomic mass is 16.5. The number of amides is 1. The number of carboxylic acids is 1. The molecule has 2 rings (SSSR count). The predicted octanol–water partition coefficient (Wildman–Crippen LogP) is 1.33. The molecule has 2 aromatic heterocycles. The molecule has 2 heterocycles. The van der Waals surface area contributed by atoms with Crippen LogP contribution in [-0.4, -0.2) is 27.1 Å². The minimum atomic E-state index is -1.19. The Kier molecular flexibility index (Phi) is 3.05. The molecule has 0 radical (unpaired) electrons. The van der Waals surface area contributed by atoms with Gasteiger partial charge in [0.2, 0.25) is 5.88 Å². The molecular formula is C11H9N3O4. The topological polar surface area (TPSA) is 105 Å². The summed E-state index contributed by atoms with van der Waals surface area (Å²) >= 11 is 0. The number of hydrogen-bond acceptors (Lipinski definition) is 5. The second-order valence-corrected chi connectivity index (χ2v) is 3.52. The molecule has 18 heavy (non-hydrogen) atoms. The second kappa shape index (κ2) is 4.66. The van der Waals surface area contributed by atoms with E-state index in [0.717, 1.165) is 0 Å². The Morgan fingerprint density at radius 2 is 2.17 bits per heavy atom. The van der Waals surface area contributed by atoms with Crippen molar-refractivity contribution in [3.05, 3.63) is 41.3 Å². The Bertz CT molecular complexity index is 606. The minimum Gasteiger partial charge on any atom is -0.477 e. The zero-order valence-electron chi connectivity index (χ0n) is 9.38. The van der Waals surface area contributed by atoms with Crippen molar-refractivity contribution in [1.29, 1.82) is 0 Å². The maximum Gasteiger partial charge on any atom is 0.354 e. The molecule has 0 aromatic carbocycles. The fourth-order valence-corrected chi connectivity index (χ4v) is 1.30. The van der Waals surface area contributed by atoms with E-state index in [2.05, 4.69) is 15.5 Å². The summed E-state index contributed by atoms with van der Waals surface area (Å²) in [4.78, 5) is 26.1. The zero-order chi connectivity index (χ0) is 13.1. The van der Waals surface area contributed by atoms with Gasteiger partial charge in [-0.2, -0.15) is 0 Å². The van der Waals surface area contributed by atoms with E-state index in [9.17, 15) is 9.59 Å². The standard InChI is InChI=1S/C11H9N3O4/c1-6-4-9(18-14-6)13-10(15)7-2-3-12-8(5-7)11(16)17/h2-5H,1H3,(H,13,15)(H,16,17). The normalized spacial score (nSPS) is 10.1. The number of aryl methyl sites for hydroxylation is 1. The van der Waals surface area contributed by atoms with E-state index in [-0.39, 0.29) is 17.1 Å². The average molecular weight is 247 g/mol. The largest absolute Gasteiger partial charge is 0.477 e. The Balaban J connectivity index is 2.18. The van der Waals surface area contributed by atoms with E-state index in [4.69, 9.17) is 9.63 Å². The highest BCUT2D eigenvalue weighted by molar-refractivity contribution is 6.04. The van der Waals surface area contributed by atoms with Gasteiger partial charge in [0.15, 0.2) is 0 Å². The van der Waals surface area contributed by atoms with Gasteiger partial charge in [-0.1, -0.05) is 5.16 Å². The van der Waals surface area contributed by atoms with Gasteiger partial charge in [0.1, 0.15) is 5.69 Å². The molecule has 7 nitrogen and oxygen atoms in total. The van der Waals surface area contributed by atoms with Gasteiger partial charge in [-0.05, 0) is 19.1 Å². The number of carboxylic acid groups (broad SMARTS) is 1. The summed E-state index contributed by atoms with van der Waals surface area (Å²) in [6.07, 6.45) is 1.25. The van der Waals surface area contributed by atoms with Crippen LogP contribution in [0, 0.1) is 6.92 Å². The van der Waals surface area contributed by atoms with Gasteiger partial charge in [0.25, 0.3) is 5.91 Å². The maximum atomic E-state index is 11.8. The van der Waals surface area contributed by atoms with Crippen molar-refractivity contribution in [1.82, 2.24) is 10.1 Å². The van der Waals surface area contributed by atoms with Crippen molar-refractivity contribution in [2.45, 2.75) is 6.92 Å². The summed E-state index contributed by atoms with van der Waals surface area (Å²) < 4.78 is 4.82. The van der Waals surface area contributed by atoms with Crippen LogP contribution in [0.3, 0.4) is 0 Å². The lowest BCUT2D eigenvalue weighted by Crippen LogP contribution is -2.13. The summed E-state index contributed by atoms with van der Waals surface area (Å²) in [5.41, 5.74) is 0.610. The smallest absolute Gasteiger partial charge is 0.354 e. The summed E-state index contributed by atoms with van der Waals surface area (Å²) in [6.45, 7) is 1.72. The quantitative estimate of drug-likeness (QED) is 0.847. The molecule has 0 aliphatic heterocycles. The summed E-state index contributed by atoms with van der Waals surface area (Å²) in [7, 11) is 0. The fourth-order valence-electron chi connectivity index (χ4n) is 1.30. The molecule has 7 heteroatoms. The van der Waals surface area contributed by atoms with Crippen LogP contribution >= 0.6 is 0 Å². The van der Waals surface area contributed by atoms with E-state index >= 15 is 0 Å². The van der Waals surface area contributed by atoms with Gasteiger partial charge >= 0.3 is 5.97 Å². The first-order chi connectivity index (χ1) is 8.56. The number of nitrogens with zero attached hydrogens (tertiary/aromatic N) is 2. The highest BCUT2D eigenvalue weighted by Crippen LogP contribution is 2.11. The lowest BCUT2D eigenvalue weighted by molar-refractivity contribution is 0.0690. The molecule has 0 atom stereocenters. The van der Waals surface area contributed by atoms with Gasteiger partial charge in [0.05, 0.1) is 5.69 Å². The van der Waals surface area contributed by atoms with Gasteiger partial charge in [-0.15, -0.1) is 0 Å². The first-order valence-electron chi connectivity index (χ1n) is 5.00. The predicted molar refractivity (Wildman–Crippen MR) is 60.4 cm³/mol. The van der Waals surface area contributed by atoms with Crippen LogP contribution in [0.5, 0.6) is 0 Å². The lowest BCUT2D eigenvalue weighted by Gasteiger charge is -2.01. The van der Waals surface area contributed by atoms with Crippen molar-refractivity contribution < 1.29 is 19.2 Å². The van der Waals surface area contributed by atoms with Gasteiger partial charge in [0, 0.05) is 17.8 Å². The summed E-state index contributed by atoms with van der Waals surface area (Å²) in [5.74, 6) is -1.48. The molecule has 0 fully saturated rings. The number of pyridine rings is 1. The molecule has 2 aromatic rings. The Morgan fingerprint density at radius 3 is 2.78 bits per heavy atom. The minimum absolute atomic E-state index is 0.177. The van der Waals surface area contributed by atoms with Crippen LogP contribution in [0.15, 0.2) is 28.9 Å². The number of hydrogen-bond donors (Lipinski definition) is 2. The Morgan fingerprint density at radius 1 is 1.39 bits per heavy atom. The highest BCUT2D eigenvalue weighted by Gasteiger charge is 2.12.